The molecule has 206 valence electrons. The quantitative estimate of drug-likeness (QED) is 0.378. The van der Waals surface area contributed by atoms with E-state index in [4.69, 9.17) is 4.74 Å². The zero-order chi connectivity index (χ0) is 26.7. The van der Waals surface area contributed by atoms with Gasteiger partial charge in [0.25, 0.3) is 5.91 Å². The van der Waals surface area contributed by atoms with Gasteiger partial charge in [-0.25, -0.2) is 13.4 Å². The number of aromatic nitrogens is 2. The van der Waals surface area contributed by atoms with Gasteiger partial charge in [-0.2, -0.15) is 9.29 Å². The number of nitrogens with zero attached hydrogens (tertiary/aromatic N) is 5. The molecule has 2 fully saturated rings. The normalized spacial score (nSPS) is 19.9. The lowest BCUT2D eigenvalue weighted by molar-refractivity contribution is 0.0209. The second-order valence-electron chi connectivity index (χ2n) is 10.1. The molecule has 0 bridgehead atoms. The van der Waals surface area contributed by atoms with Crippen LogP contribution in [0.4, 0.5) is 11.8 Å². The highest BCUT2D eigenvalue weighted by Gasteiger charge is 2.27. The average molecular weight is 546 g/mol. The van der Waals surface area contributed by atoms with Gasteiger partial charge in [0.15, 0.2) is 0 Å². The van der Waals surface area contributed by atoms with Crippen molar-refractivity contribution in [1.82, 2.24) is 24.5 Å². The first-order chi connectivity index (χ1) is 18.2. The minimum absolute atomic E-state index is 0.0998. The first-order valence-electron chi connectivity index (χ1n) is 12.9. The highest BCUT2D eigenvalue weighted by molar-refractivity contribution is 7.88. The van der Waals surface area contributed by atoms with Gasteiger partial charge in [0.05, 0.1) is 31.6 Å². The van der Waals surface area contributed by atoms with Crippen molar-refractivity contribution in [1.29, 1.82) is 0 Å². The standard InChI is InChI=1S/C25H35N7O5S/c1-38(35,36)32-10-8-31(9-11-32)25-28-22(12-23(29-25)27-20-16-37-17-20)24(34)26-13-21(33)15-30-7-6-18-4-2-3-5-19(18)14-30/h2-5,12,20-21,33H,6-11,13-17H2,1H3,(H,26,34)(H,27,28,29). The zero-order valence-electron chi connectivity index (χ0n) is 21.5. The Balaban J connectivity index is 1.21. The van der Waals surface area contributed by atoms with Crippen LogP contribution in [-0.4, -0.2) is 116 Å². The van der Waals surface area contributed by atoms with Gasteiger partial charge in [-0.3, -0.25) is 9.69 Å². The van der Waals surface area contributed by atoms with E-state index in [9.17, 15) is 18.3 Å². The molecular formula is C25H35N7O5S. The van der Waals surface area contributed by atoms with Gasteiger partial charge in [-0.15, -0.1) is 0 Å². The van der Waals surface area contributed by atoms with Crippen molar-refractivity contribution in [2.24, 2.45) is 0 Å². The van der Waals surface area contributed by atoms with Gasteiger partial charge >= 0.3 is 0 Å². The summed E-state index contributed by atoms with van der Waals surface area (Å²) in [4.78, 5) is 26.2. The molecule has 3 aliphatic rings. The van der Waals surface area contributed by atoms with Crippen LogP contribution in [0, 0.1) is 0 Å². The summed E-state index contributed by atoms with van der Waals surface area (Å²) in [6.45, 7) is 4.81. The van der Waals surface area contributed by atoms with Crippen LogP contribution < -0.4 is 15.5 Å². The number of carbonyl (C=O) groups excluding carboxylic acids is 1. The monoisotopic (exact) mass is 545 g/mol. The van der Waals surface area contributed by atoms with E-state index in [-0.39, 0.29) is 18.3 Å². The van der Waals surface area contributed by atoms with E-state index in [0.29, 0.717) is 57.7 Å². The van der Waals surface area contributed by atoms with E-state index in [1.165, 1.54) is 21.7 Å². The Labute approximate surface area is 223 Å². The van der Waals surface area contributed by atoms with E-state index in [1.54, 1.807) is 6.07 Å². The highest BCUT2D eigenvalue weighted by Crippen LogP contribution is 2.20. The minimum Gasteiger partial charge on any atom is -0.390 e. The number of hydrogen-bond donors (Lipinski definition) is 3. The van der Waals surface area contributed by atoms with Gasteiger partial charge < -0.3 is 25.4 Å². The predicted octanol–water partition coefficient (Wildman–Crippen LogP) is -0.482. The maximum atomic E-state index is 13.1. The molecule has 38 heavy (non-hydrogen) atoms. The lowest BCUT2D eigenvalue weighted by Crippen LogP contribution is -2.49. The number of rotatable bonds is 9. The first-order valence-corrected chi connectivity index (χ1v) is 14.8. The van der Waals surface area contributed by atoms with Gasteiger partial charge in [0.1, 0.15) is 11.5 Å². The summed E-state index contributed by atoms with van der Waals surface area (Å²) in [6, 6.07) is 10.0. The molecule has 13 heteroatoms. The molecule has 1 amide bonds. The Bertz CT molecular complexity index is 1250. The second-order valence-corrected chi connectivity index (χ2v) is 12.1. The van der Waals surface area contributed by atoms with Gasteiger partial charge in [-0.05, 0) is 17.5 Å². The van der Waals surface area contributed by atoms with Crippen LogP contribution in [0.15, 0.2) is 30.3 Å². The summed E-state index contributed by atoms with van der Waals surface area (Å²) in [5.74, 6) is 0.465. The van der Waals surface area contributed by atoms with Crippen LogP contribution in [0.3, 0.4) is 0 Å². The molecule has 1 atom stereocenters. The number of sulfonamides is 1. The number of nitrogens with one attached hydrogen (secondary N) is 2. The number of fused-ring (bicyclic) bond motifs is 1. The smallest absolute Gasteiger partial charge is 0.270 e. The molecule has 0 saturated carbocycles. The number of anilines is 2. The van der Waals surface area contributed by atoms with E-state index < -0.39 is 22.0 Å². The molecule has 2 saturated heterocycles. The predicted molar refractivity (Wildman–Crippen MR) is 143 cm³/mol. The van der Waals surface area contributed by atoms with Crippen molar-refractivity contribution in [3.05, 3.63) is 47.2 Å². The molecule has 0 radical (unpaired) electrons. The summed E-state index contributed by atoms with van der Waals surface area (Å²) >= 11 is 0. The van der Waals surface area contributed by atoms with E-state index in [2.05, 4.69) is 37.6 Å². The van der Waals surface area contributed by atoms with Crippen LogP contribution >= 0.6 is 0 Å². The van der Waals surface area contributed by atoms with Crippen molar-refractivity contribution in [3.63, 3.8) is 0 Å². The molecule has 0 spiro atoms. The van der Waals surface area contributed by atoms with Crippen LogP contribution in [0.2, 0.25) is 0 Å². The SMILES string of the molecule is CS(=O)(=O)N1CCN(c2nc(NC3COC3)cc(C(=O)NCC(O)CN3CCc4ccccc4C3)n2)CC1. The lowest BCUT2D eigenvalue weighted by Gasteiger charge is -2.34. The Morgan fingerprint density at radius 1 is 1.13 bits per heavy atom. The number of benzene rings is 1. The molecule has 5 rings (SSSR count). The summed E-state index contributed by atoms with van der Waals surface area (Å²) in [6.07, 6.45) is 1.42. The van der Waals surface area contributed by atoms with E-state index >= 15 is 0 Å². The molecule has 4 heterocycles. The molecule has 1 unspecified atom stereocenters. The van der Waals surface area contributed by atoms with Crippen molar-refractivity contribution < 1.29 is 23.1 Å². The van der Waals surface area contributed by atoms with Gasteiger partial charge in [-0.1, -0.05) is 24.3 Å². The fourth-order valence-electron chi connectivity index (χ4n) is 4.89. The number of aliphatic hydroxyl groups excluding tert-OH is 1. The summed E-state index contributed by atoms with van der Waals surface area (Å²) < 4.78 is 30.4. The number of hydrogen-bond acceptors (Lipinski definition) is 10. The highest BCUT2D eigenvalue weighted by atomic mass is 32.2. The second kappa shape index (κ2) is 11.5. The fraction of sp³-hybridized carbons (Fsp3) is 0.560. The molecule has 3 N–H and O–H groups in total. The van der Waals surface area contributed by atoms with Crippen LogP contribution in [0.1, 0.15) is 21.6 Å². The summed E-state index contributed by atoms with van der Waals surface area (Å²) in [7, 11) is -3.27. The molecule has 0 aliphatic carbocycles. The Morgan fingerprint density at radius 3 is 2.55 bits per heavy atom. The third-order valence-corrected chi connectivity index (χ3v) is 8.41. The summed E-state index contributed by atoms with van der Waals surface area (Å²) in [5.41, 5.74) is 2.81. The maximum absolute atomic E-state index is 13.1. The molecule has 2 aromatic rings. The van der Waals surface area contributed by atoms with Crippen LogP contribution in [0.5, 0.6) is 0 Å². The van der Waals surface area contributed by atoms with Crippen molar-refractivity contribution in [3.8, 4) is 0 Å². The number of piperazine rings is 1. The largest absolute Gasteiger partial charge is 0.390 e. The van der Waals surface area contributed by atoms with Crippen molar-refractivity contribution in [2.75, 3.05) is 75.5 Å². The van der Waals surface area contributed by atoms with Crippen LogP contribution in [0.25, 0.3) is 0 Å². The third kappa shape index (κ3) is 6.59. The molecular weight excluding hydrogens is 510 g/mol. The lowest BCUT2D eigenvalue weighted by atomic mass is 10.00. The molecule has 1 aromatic carbocycles. The number of β-amino-alcohol motifs (C(OH)–C–C–N with tert-alkyl or cyclic N) is 1. The van der Waals surface area contributed by atoms with E-state index in [0.717, 1.165) is 19.5 Å². The third-order valence-electron chi connectivity index (χ3n) is 7.10. The minimum atomic E-state index is -3.27. The summed E-state index contributed by atoms with van der Waals surface area (Å²) in [5, 5.41) is 16.7. The number of ether oxygens (including phenoxy) is 1. The Kier molecular flexibility index (Phi) is 8.09. The Morgan fingerprint density at radius 2 is 1.87 bits per heavy atom. The number of amides is 1. The molecule has 12 nitrogen and oxygen atoms in total. The maximum Gasteiger partial charge on any atom is 0.270 e. The Hall–Kier alpha value is -2.84. The molecule has 1 aromatic heterocycles. The average Bonchev–Trinajstić information content (AvgIpc) is 2.89. The fourth-order valence-corrected chi connectivity index (χ4v) is 5.71. The number of aliphatic hydroxyl groups is 1. The zero-order valence-corrected chi connectivity index (χ0v) is 22.4. The van der Waals surface area contributed by atoms with Crippen LogP contribution in [-0.2, 0) is 27.7 Å². The van der Waals surface area contributed by atoms with Gasteiger partial charge in [0.2, 0.25) is 16.0 Å². The van der Waals surface area contributed by atoms with Crippen molar-refractivity contribution in [2.45, 2.75) is 25.1 Å². The topological polar surface area (TPSA) is 140 Å². The van der Waals surface area contributed by atoms with E-state index in [1.807, 2.05) is 17.0 Å². The number of carbonyl (C=O) groups is 1. The van der Waals surface area contributed by atoms with Gasteiger partial charge in [0, 0.05) is 58.4 Å². The molecule has 3 aliphatic heterocycles. The van der Waals surface area contributed by atoms with Crippen molar-refractivity contribution >= 4 is 27.7 Å². The first kappa shape index (κ1) is 26.8.